The van der Waals surface area contributed by atoms with Gasteiger partial charge in [-0.2, -0.15) is 0 Å². The molecule has 0 atom stereocenters. The third kappa shape index (κ3) is 1.68. The van der Waals surface area contributed by atoms with Crippen molar-refractivity contribution in [1.29, 1.82) is 0 Å². The molecule has 1 aliphatic heterocycles. The summed E-state index contributed by atoms with van der Waals surface area (Å²) < 4.78 is 5.00. The third-order valence-electron chi connectivity index (χ3n) is 1.64. The predicted molar refractivity (Wildman–Crippen MR) is 36.4 cm³/mol. The maximum absolute atomic E-state index is 10.3. The van der Waals surface area contributed by atoms with E-state index in [1.54, 1.807) is 7.11 Å². The Morgan fingerprint density at radius 3 is 2.80 bits per heavy atom. The summed E-state index contributed by atoms with van der Waals surface area (Å²) in [5.41, 5.74) is 4.97. The Hall–Kier alpha value is -0.610. The highest BCUT2D eigenvalue weighted by Crippen LogP contribution is 2.08. The van der Waals surface area contributed by atoms with Crippen molar-refractivity contribution in [2.24, 2.45) is 5.73 Å². The molecule has 0 aromatic carbocycles. The van der Waals surface area contributed by atoms with E-state index in [2.05, 4.69) is 0 Å². The normalized spacial score (nSPS) is 20.5. The maximum Gasteiger partial charge on any atom is 0.231 e. The van der Waals surface area contributed by atoms with Crippen LogP contribution in [0.15, 0.2) is 0 Å². The monoisotopic (exact) mass is 144 g/mol. The van der Waals surface area contributed by atoms with Crippen LogP contribution in [0.25, 0.3) is 0 Å². The van der Waals surface area contributed by atoms with Gasteiger partial charge in [-0.1, -0.05) is 0 Å². The van der Waals surface area contributed by atoms with E-state index < -0.39 is 0 Å². The van der Waals surface area contributed by atoms with E-state index in [1.165, 1.54) is 0 Å². The summed E-state index contributed by atoms with van der Waals surface area (Å²) in [6.45, 7) is 2.03. The summed E-state index contributed by atoms with van der Waals surface area (Å²) in [5, 5.41) is 0. The summed E-state index contributed by atoms with van der Waals surface area (Å²) in [5.74, 6) is -0.269. The molecule has 0 aromatic heterocycles. The van der Waals surface area contributed by atoms with Crippen molar-refractivity contribution in [3.05, 3.63) is 0 Å². The summed E-state index contributed by atoms with van der Waals surface area (Å²) in [7, 11) is 1.67. The molecule has 0 radical (unpaired) electrons. The maximum atomic E-state index is 10.3. The minimum atomic E-state index is -0.269. The molecule has 0 unspecified atom stereocenters. The summed E-state index contributed by atoms with van der Waals surface area (Å²) in [6, 6.07) is 0. The first-order valence-corrected chi connectivity index (χ1v) is 3.26. The van der Waals surface area contributed by atoms with Crippen LogP contribution in [0.2, 0.25) is 0 Å². The lowest BCUT2D eigenvalue weighted by Crippen LogP contribution is -2.54. The average molecular weight is 144 g/mol. The zero-order valence-electron chi connectivity index (χ0n) is 6.04. The number of nitrogens with two attached hydrogens (primary N) is 1. The van der Waals surface area contributed by atoms with Crippen LogP contribution in [-0.2, 0) is 9.53 Å². The number of hydrogen-bond donors (Lipinski definition) is 1. The number of carbonyl (C=O) groups excluding carboxylic acids is 1. The summed E-state index contributed by atoms with van der Waals surface area (Å²) >= 11 is 0. The highest BCUT2D eigenvalue weighted by Gasteiger charge is 2.26. The van der Waals surface area contributed by atoms with Crippen molar-refractivity contribution in [3.63, 3.8) is 0 Å². The lowest BCUT2D eigenvalue weighted by molar-refractivity contribution is -0.122. The van der Waals surface area contributed by atoms with Gasteiger partial charge in [-0.15, -0.1) is 0 Å². The van der Waals surface area contributed by atoms with Gasteiger partial charge in [0.15, 0.2) is 0 Å². The fourth-order valence-electron chi connectivity index (χ4n) is 1.02. The van der Waals surface area contributed by atoms with Gasteiger partial charge in [0.25, 0.3) is 0 Å². The molecule has 10 heavy (non-hydrogen) atoms. The van der Waals surface area contributed by atoms with Crippen LogP contribution in [0, 0.1) is 0 Å². The first-order chi connectivity index (χ1) is 4.72. The average Bonchev–Trinajstić information content (AvgIpc) is 1.76. The number of hydrogen-bond acceptors (Lipinski definition) is 3. The zero-order chi connectivity index (χ0) is 7.56. The topological polar surface area (TPSA) is 55.6 Å². The SMILES string of the molecule is COC1CN(CC(N)=O)C1. The van der Waals surface area contributed by atoms with Gasteiger partial charge >= 0.3 is 0 Å². The number of likely N-dealkylation sites (tertiary alicyclic amines) is 1. The Morgan fingerprint density at radius 1 is 1.80 bits per heavy atom. The molecule has 0 bridgehead atoms. The molecular formula is C6H12N2O2. The third-order valence-corrected chi connectivity index (χ3v) is 1.64. The van der Waals surface area contributed by atoms with E-state index in [-0.39, 0.29) is 5.91 Å². The van der Waals surface area contributed by atoms with Crippen LogP contribution >= 0.6 is 0 Å². The number of methoxy groups -OCH3 is 1. The number of rotatable bonds is 3. The van der Waals surface area contributed by atoms with E-state index in [0.29, 0.717) is 12.6 Å². The van der Waals surface area contributed by atoms with Crippen molar-refractivity contribution < 1.29 is 9.53 Å². The Bertz CT molecular complexity index is 132. The highest BCUT2D eigenvalue weighted by molar-refractivity contribution is 5.76. The van der Waals surface area contributed by atoms with Gasteiger partial charge in [-0.05, 0) is 0 Å². The van der Waals surface area contributed by atoms with E-state index in [1.807, 2.05) is 4.90 Å². The van der Waals surface area contributed by atoms with Gasteiger partial charge in [-0.25, -0.2) is 0 Å². The first kappa shape index (κ1) is 7.50. The van der Waals surface area contributed by atoms with Gasteiger partial charge in [-0.3, -0.25) is 9.69 Å². The van der Waals surface area contributed by atoms with E-state index in [4.69, 9.17) is 10.5 Å². The molecule has 1 aliphatic rings. The van der Waals surface area contributed by atoms with Crippen molar-refractivity contribution in [2.45, 2.75) is 6.10 Å². The Kier molecular flexibility index (Phi) is 2.24. The summed E-state index contributed by atoms with van der Waals surface area (Å²) in [6.07, 6.45) is 0.305. The number of amides is 1. The second-order valence-electron chi connectivity index (χ2n) is 2.52. The first-order valence-electron chi connectivity index (χ1n) is 3.26. The highest BCUT2D eigenvalue weighted by atomic mass is 16.5. The molecule has 0 aromatic rings. The Morgan fingerprint density at radius 2 is 2.40 bits per heavy atom. The van der Waals surface area contributed by atoms with Gasteiger partial charge in [0.05, 0.1) is 12.6 Å². The van der Waals surface area contributed by atoms with Crippen LogP contribution in [0.3, 0.4) is 0 Å². The molecule has 1 rings (SSSR count). The second kappa shape index (κ2) is 2.98. The molecule has 0 aliphatic carbocycles. The van der Waals surface area contributed by atoms with Gasteiger partial charge < -0.3 is 10.5 Å². The standard InChI is InChI=1S/C6H12N2O2/c1-10-5-2-8(3-5)4-6(7)9/h5H,2-4H2,1H3,(H2,7,9). The van der Waals surface area contributed by atoms with Crippen LogP contribution in [0.4, 0.5) is 0 Å². The minimum absolute atomic E-state index is 0.269. The van der Waals surface area contributed by atoms with Gasteiger partial charge in [0.2, 0.25) is 5.91 Å². The zero-order valence-corrected chi connectivity index (χ0v) is 6.04. The van der Waals surface area contributed by atoms with Crippen molar-refractivity contribution in [3.8, 4) is 0 Å². The van der Waals surface area contributed by atoms with Crippen molar-refractivity contribution in [1.82, 2.24) is 4.90 Å². The smallest absolute Gasteiger partial charge is 0.231 e. The molecule has 0 saturated carbocycles. The quantitative estimate of drug-likeness (QED) is 0.541. The predicted octanol–water partition coefficient (Wildman–Crippen LogP) is -1.20. The molecule has 1 heterocycles. The van der Waals surface area contributed by atoms with E-state index >= 15 is 0 Å². The molecule has 4 nitrogen and oxygen atoms in total. The molecule has 58 valence electrons. The largest absolute Gasteiger partial charge is 0.379 e. The van der Waals surface area contributed by atoms with Crippen LogP contribution in [0.5, 0.6) is 0 Å². The molecule has 2 N–H and O–H groups in total. The van der Waals surface area contributed by atoms with Crippen LogP contribution in [-0.4, -0.2) is 43.7 Å². The lowest BCUT2D eigenvalue weighted by Gasteiger charge is -2.36. The van der Waals surface area contributed by atoms with Crippen LogP contribution < -0.4 is 5.73 Å². The lowest BCUT2D eigenvalue weighted by atomic mass is 10.2. The second-order valence-corrected chi connectivity index (χ2v) is 2.52. The Labute approximate surface area is 59.9 Å². The number of nitrogens with zero attached hydrogens (tertiary/aromatic N) is 1. The number of primary amides is 1. The molecular weight excluding hydrogens is 132 g/mol. The van der Waals surface area contributed by atoms with Crippen molar-refractivity contribution >= 4 is 5.91 Å². The van der Waals surface area contributed by atoms with Gasteiger partial charge in [0.1, 0.15) is 0 Å². The van der Waals surface area contributed by atoms with Crippen LogP contribution in [0.1, 0.15) is 0 Å². The molecule has 4 heteroatoms. The minimum Gasteiger partial charge on any atom is -0.379 e. The van der Waals surface area contributed by atoms with Crippen molar-refractivity contribution in [2.75, 3.05) is 26.7 Å². The molecule has 1 amide bonds. The Balaban J connectivity index is 2.08. The fourth-order valence-corrected chi connectivity index (χ4v) is 1.02. The van der Waals surface area contributed by atoms with E-state index in [9.17, 15) is 4.79 Å². The molecule has 1 saturated heterocycles. The molecule has 1 fully saturated rings. The number of carbonyl (C=O) groups is 1. The van der Waals surface area contributed by atoms with Gasteiger partial charge in [0, 0.05) is 20.2 Å². The fraction of sp³-hybridized carbons (Fsp3) is 0.833. The molecule has 0 spiro atoms. The van der Waals surface area contributed by atoms with E-state index in [0.717, 1.165) is 13.1 Å². The summed E-state index contributed by atoms with van der Waals surface area (Å²) in [4.78, 5) is 12.3. The number of ether oxygens (including phenoxy) is 1.